The van der Waals surface area contributed by atoms with Crippen LogP contribution in [0.1, 0.15) is 21.6 Å². The van der Waals surface area contributed by atoms with Crippen molar-refractivity contribution in [1.82, 2.24) is 0 Å². The fourth-order valence-electron chi connectivity index (χ4n) is 2.44. The number of benzene rings is 2. The normalized spacial score (nSPS) is 10.7. The molecular weight excluding hydrogens is 324 g/mol. The molecule has 0 atom stereocenters. The van der Waals surface area contributed by atoms with Gasteiger partial charge in [-0.15, -0.1) is 0 Å². The molecule has 0 aliphatic rings. The Hall–Kier alpha value is -3.40. The van der Waals surface area contributed by atoms with Crippen LogP contribution in [0.15, 0.2) is 79.0 Å². The minimum atomic E-state index is -0.396. The van der Waals surface area contributed by atoms with Crippen molar-refractivity contribution in [1.29, 1.82) is 0 Å². The van der Waals surface area contributed by atoms with Crippen molar-refractivity contribution in [2.24, 2.45) is 0 Å². The highest BCUT2D eigenvalue weighted by molar-refractivity contribution is 5.89. The van der Waals surface area contributed by atoms with Gasteiger partial charge in [-0.1, -0.05) is 30.3 Å². The number of hydrogen-bond acceptors (Lipinski definition) is 3. The van der Waals surface area contributed by atoms with Crippen molar-refractivity contribution < 1.29 is 14.4 Å². The van der Waals surface area contributed by atoms with Crippen LogP contribution in [0.4, 0.5) is 5.69 Å². The Morgan fingerprint density at radius 3 is 2.27 bits per heavy atom. The smallest absolute Gasteiger partial charge is 0.378 e. The lowest BCUT2D eigenvalue weighted by Gasteiger charge is -2.11. The van der Waals surface area contributed by atoms with Crippen LogP contribution in [0, 0.1) is 0 Å². The van der Waals surface area contributed by atoms with Crippen molar-refractivity contribution in [3.05, 3.63) is 95.8 Å². The van der Waals surface area contributed by atoms with Gasteiger partial charge in [0, 0.05) is 42.7 Å². The van der Waals surface area contributed by atoms with Gasteiger partial charge in [0.25, 0.3) is 5.69 Å². The minimum Gasteiger partial charge on any atom is -0.378 e. The van der Waals surface area contributed by atoms with Gasteiger partial charge in [-0.2, -0.15) is 4.84 Å². The van der Waals surface area contributed by atoms with Gasteiger partial charge in [0.1, 0.15) is 0 Å². The van der Waals surface area contributed by atoms with Crippen molar-refractivity contribution in [3.63, 3.8) is 0 Å². The van der Waals surface area contributed by atoms with Gasteiger partial charge in [0.05, 0.1) is 5.56 Å². The fraction of sp³-hybridized carbons (Fsp3) is 0.0909. The molecule has 4 nitrogen and oxygen atoms in total. The second-order valence-corrected chi connectivity index (χ2v) is 6.02. The van der Waals surface area contributed by atoms with Gasteiger partial charge in [0.15, 0.2) is 0 Å². The summed E-state index contributed by atoms with van der Waals surface area (Å²) in [7, 11) is 4.03. The first-order chi connectivity index (χ1) is 12.6. The maximum absolute atomic E-state index is 12.3. The molecule has 3 rings (SSSR count). The summed E-state index contributed by atoms with van der Waals surface area (Å²) in [5, 5.41) is 0. The van der Waals surface area contributed by atoms with Crippen molar-refractivity contribution in [2.45, 2.75) is 0 Å². The lowest BCUT2D eigenvalue weighted by molar-refractivity contribution is -0.869. The number of anilines is 1. The molecule has 4 heteroatoms. The molecule has 0 spiro atoms. The molecular formula is C22H21N2O2+. The zero-order valence-electron chi connectivity index (χ0n) is 14.9. The Bertz CT molecular complexity index is 901. The Kier molecular flexibility index (Phi) is 5.44. The molecule has 0 aliphatic carbocycles. The van der Waals surface area contributed by atoms with Crippen LogP contribution < -0.4 is 14.5 Å². The number of pyridine rings is 1. The molecule has 0 amide bonds. The molecule has 0 fully saturated rings. The van der Waals surface area contributed by atoms with E-state index in [0.717, 1.165) is 16.9 Å². The molecule has 3 aromatic rings. The van der Waals surface area contributed by atoms with Gasteiger partial charge in [-0.3, -0.25) is 0 Å². The zero-order valence-corrected chi connectivity index (χ0v) is 14.9. The molecule has 0 saturated heterocycles. The molecule has 0 saturated carbocycles. The third-order valence-electron chi connectivity index (χ3n) is 3.90. The van der Waals surface area contributed by atoms with Crippen LogP contribution in [0.5, 0.6) is 0 Å². The minimum absolute atomic E-state index is 0.396. The lowest BCUT2D eigenvalue weighted by atomic mass is 10.1. The van der Waals surface area contributed by atoms with E-state index in [4.69, 9.17) is 4.84 Å². The van der Waals surface area contributed by atoms with Gasteiger partial charge in [-0.25, -0.2) is 4.79 Å². The number of carbonyl (C=O) groups is 1. The Morgan fingerprint density at radius 1 is 0.885 bits per heavy atom. The average molecular weight is 345 g/mol. The Labute approximate surface area is 153 Å². The van der Waals surface area contributed by atoms with Crippen molar-refractivity contribution >= 4 is 23.8 Å². The highest BCUT2D eigenvalue weighted by Crippen LogP contribution is 2.14. The summed E-state index contributed by atoms with van der Waals surface area (Å²) in [6.45, 7) is 0. The van der Waals surface area contributed by atoms with Gasteiger partial charge in [-0.05, 0) is 42.0 Å². The largest absolute Gasteiger partial charge is 0.411 e. The van der Waals surface area contributed by atoms with Gasteiger partial charge >= 0.3 is 5.97 Å². The quantitative estimate of drug-likeness (QED) is 0.664. The molecule has 26 heavy (non-hydrogen) atoms. The monoisotopic (exact) mass is 345 g/mol. The van der Waals surface area contributed by atoms with Crippen molar-refractivity contribution in [2.75, 3.05) is 19.0 Å². The average Bonchev–Trinajstić information content (AvgIpc) is 2.68. The third kappa shape index (κ3) is 4.36. The molecule has 1 aromatic heterocycles. The maximum Gasteiger partial charge on any atom is 0.411 e. The lowest BCUT2D eigenvalue weighted by Crippen LogP contribution is -2.47. The van der Waals surface area contributed by atoms with Crippen LogP contribution in [0.3, 0.4) is 0 Å². The van der Waals surface area contributed by atoms with E-state index >= 15 is 0 Å². The molecule has 0 bridgehead atoms. The highest BCUT2D eigenvalue weighted by atomic mass is 16.7. The second kappa shape index (κ2) is 8.12. The molecule has 1 heterocycles. The van der Waals surface area contributed by atoms with E-state index in [0.29, 0.717) is 5.56 Å². The number of nitrogens with zero attached hydrogens (tertiary/aromatic N) is 2. The fourth-order valence-corrected chi connectivity index (χ4v) is 2.44. The van der Waals surface area contributed by atoms with Gasteiger partial charge < -0.3 is 4.90 Å². The van der Waals surface area contributed by atoms with E-state index in [2.05, 4.69) is 29.2 Å². The SMILES string of the molecule is CN(C)c1ccc(/C=C/c2cccc[n+]2OC(=O)c2ccccc2)cc1. The summed E-state index contributed by atoms with van der Waals surface area (Å²) < 4.78 is 1.47. The van der Waals surface area contributed by atoms with Crippen LogP contribution in [-0.4, -0.2) is 20.1 Å². The predicted octanol–water partition coefficient (Wildman–Crippen LogP) is 3.48. The third-order valence-corrected chi connectivity index (χ3v) is 3.90. The standard InChI is InChI=1S/C22H21N2O2/c1-23(2)20-14-11-18(12-15-20)13-16-21-10-6-7-17-24(21)26-22(25)19-8-4-3-5-9-19/h3-17H,1-2H3/q+1. The zero-order chi connectivity index (χ0) is 18.4. The summed E-state index contributed by atoms with van der Waals surface area (Å²) >= 11 is 0. The van der Waals surface area contributed by atoms with E-state index in [1.807, 2.05) is 62.6 Å². The summed E-state index contributed by atoms with van der Waals surface area (Å²) in [6, 6.07) is 22.8. The Balaban J connectivity index is 1.77. The number of aromatic nitrogens is 1. The summed E-state index contributed by atoms with van der Waals surface area (Å²) in [5.74, 6) is -0.396. The van der Waals surface area contributed by atoms with E-state index in [9.17, 15) is 4.79 Å². The summed E-state index contributed by atoms with van der Waals surface area (Å²) in [6.07, 6.45) is 5.63. The van der Waals surface area contributed by atoms with Gasteiger partial charge in [0.2, 0.25) is 6.20 Å². The molecule has 0 radical (unpaired) electrons. The van der Waals surface area contributed by atoms with Crippen LogP contribution in [0.2, 0.25) is 0 Å². The number of carbonyl (C=O) groups excluding carboxylic acids is 1. The molecule has 0 unspecified atom stereocenters. The molecule has 130 valence electrons. The van der Waals surface area contributed by atoms with E-state index in [1.165, 1.54) is 4.73 Å². The van der Waals surface area contributed by atoms with Crippen LogP contribution in [0.25, 0.3) is 12.2 Å². The molecule has 0 N–H and O–H groups in total. The summed E-state index contributed by atoms with van der Waals surface area (Å²) in [4.78, 5) is 19.8. The maximum atomic E-state index is 12.3. The van der Waals surface area contributed by atoms with E-state index < -0.39 is 5.97 Å². The summed E-state index contributed by atoms with van der Waals surface area (Å²) in [5.41, 5.74) is 3.50. The van der Waals surface area contributed by atoms with Crippen LogP contribution in [-0.2, 0) is 0 Å². The number of hydrogen-bond donors (Lipinski definition) is 0. The van der Waals surface area contributed by atoms with Crippen LogP contribution >= 0.6 is 0 Å². The molecule has 0 aliphatic heterocycles. The first-order valence-corrected chi connectivity index (χ1v) is 8.37. The Morgan fingerprint density at radius 2 is 1.58 bits per heavy atom. The highest BCUT2D eigenvalue weighted by Gasteiger charge is 2.16. The first-order valence-electron chi connectivity index (χ1n) is 8.37. The van der Waals surface area contributed by atoms with Crippen molar-refractivity contribution in [3.8, 4) is 0 Å². The predicted molar refractivity (Wildman–Crippen MR) is 104 cm³/mol. The van der Waals surface area contributed by atoms with E-state index in [-0.39, 0.29) is 0 Å². The second-order valence-electron chi connectivity index (χ2n) is 6.02. The first kappa shape index (κ1) is 17.4. The topological polar surface area (TPSA) is 33.4 Å². The van der Waals surface area contributed by atoms with E-state index in [1.54, 1.807) is 18.3 Å². The molecule has 2 aromatic carbocycles. The number of rotatable bonds is 5.